The minimum atomic E-state index is -0.473. The zero-order valence-electron chi connectivity index (χ0n) is 19.1. The Morgan fingerprint density at radius 1 is 1.10 bits per heavy atom. The van der Waals surface area contributed by atoms with Gasteiger partial charge in [-0.1, -0.05) is 25.0 Å². The molecule has 166 valence electrons. The third-order valence-electron chi connectivity index (χ3n) is 8.57. The Balaban J connectivity index is 1.32. The summed E-state index contributed by atoms with van der Waals surface area (Å²) in [6.07, 6.45) is 15.3. The van der Waals surface area contributed by atoms with E-state index in [9.17, 15) is 5.11 Å². The zero-order chi connectivity index (χ0) is 20.5. The first-order chi connectivity index (χ1) is 13.9. The van der Waals surface area contributed by atoms with Crippen molar-refractivity contribution >= 4 is 0 Å². The van der Waals surface area contributed by atoms with E-state index in [0.29, 0.717) is 17.9 Å². The van der Waals surface area contributed by atoms with Crippen molar-refractivity contribution in [2.45, 2.75) is 90.6 Å². The molecule has 4 fully saturated rings. The van der Waals surface area contributed by atoms with Gasteiger partial charge in [-0.15, -0.1) is 0 Å². The molecule has 3 saturated carbocycles. The van der Waals surface area contributed by atoms with Gasteiger partial charge in [0.15, 0.2) is 0 Å². The smallest absolute Gasteiger partial charge is 0.0681 e. The molecule has 29 heavy (non-hydrogen) atoms. The third-order valence-corrected chi connectivity index (χ3v) is 8.57. The molecule has 3 unspecified atom stereocenters. The van der Waals surface area contributed by atoms with Crippen molar-refractivity contribution in [1.82, 2.24) is 0 Å². The molecule has 1 N–H and O–H groups in total. The Morgan fingerprint density at radius 2 is 1.83 bits per heavy atom. The van der Waals surface area contributed by atoms with Crippen LogP contribution in [0.1, 0.15) is 85.0 Å². The van der Waals surface area contributed by atoms with Crippen molar-refractivity contribution in [1.29, 1.82) is 0 Å². The van der Waals surface area contributed by atoms with E-state index in [1.165, 1.54) is 44.9 Å². The quantitative estimate of drug-likeness (QED) is 0.302. The van der Waals surface area contributed by atoms with Crippen molar-refractivity contribution in [3.8, 4) is 0 Å². The SMILES string of the molecule is CCOCCC1(O)CC(C(C)=CC2CCC(CC3(C)COC3)CCC2C2CC2)C1. The van der Waals surface area contributed by atoms with Gasteiger partial charge in [0.05, 0.1) is 18.8 Å². The number of hydrogen-bond donors (Lipinski definition) is 1. The highest BCUT2D eigenvalue weighted by Gasteiger charge is 2.44. The van der Waals surface area contributed by atoms with Crippen molar-refractivity contribution in [3.05, 3.63) is 11.6 Å². The van der Waals surface area contributed by atoms with Gasteiger partial charge in [-0.05, 0) is 101 Å². The van der Waals surface area contributed by atoms with Crippen LogP contribution in [0.25, 0.3) is 0 Å². The lowest BCUT2D eigenvalue weighted by Gasteiger charge is -2.45. The maximum absolute atomic E-state index is 10.7. The van der Waals surface area contributed by atoms with Gasteiger partial charge in [0.2, 0.25) is 0 Å². The molecule has 4 rings (SSSR count). The van der Waals surface area contributed by atoms with Crippen LogP contribution in [0.4, 0.5) is 0 Å². The summed E-state index contributed by atoms with van der Waals surface area (Å²) >= 11 is 0. The first-order valence-electron chi connectivity index (χ1n) is 12.5. The third kappa shape index (κ3) is 5.46. The van der Waals surface area contributed by atoms with E-state index in [2.05, 4.69) is 19.9 Å². The first kappa shape index (κ1) is 21.8. The summed E-state index contributed by atoms with van der Waals surface area (Å²) < 4.78 is 11.0. The van der Waals surface area contributed by atoms with Crippen LogP contribution in [0.5, 0.6) is 0 Å². The minimum Gasteiger partial charge on any atom is -0.390 e. The monoisotopic (exact) mass is 404 g/mol. The van der Waals surface area contributed by atoms with Crippen molar-refractivity contribution in [3.63, 3.8) is 0 Å². The van der Waals surface area contributed by atoms with Crippen LogP contribution in [0.2, 0.25) is 0 Å². The van der Waals surface area contributed by atoms with Crippen molar-refractivity contribution in [2.75, 3.05) is 26.4 Å². The summed E-state index contributed by atoms with van der Waals surface area (Å²) in [6, 6.07) is 0. The largest absolute Gasteiger partial charge is 0.390 e. The number of rotatable bonds is 9. The zero-order valence-corrected chi connectivity index (χ0v) is 19.1. The van der Waals surface area contributed by atoms with Crippen LogP contribution >= 0.6 is 0 Å². The van der Waals surface area contributed by atoms with Crippen LogP contribution in [0.3, 0.4) is 0 Å². The minimum absolute atomic E-state index is 0.462. The summed E-state index contributed by atoms with van der Waals surface area (Å²) in [7, 11) is 0. The van der Waals surface area contributed by atoms with Crippen molar-refractivity contribution < 1.29 is 14.6 Å². The fourth-order valence-corrected chi connectivity index (χ4v) is 6.48. The molecule has 0 amide bonds. The number of ether oxygens (including phenoxy) is 2. The topological polar surface area (TPSA) is 38.7 Å². The molecular formula is C26H44O3. The maximum Gasteiger partial charge on any atom is 0.0681 e. The molecule has 0 bridgehead atoms. The van der Waals surface area contributed by atoms with E-state index >= 15 is 0 Å². The number of allylic oxidation sites excluding steroid dienone is 2. The second kappa shape index (κ2) is 9.01. The van der Waals surface area contributed by atoms with Gasteiger partial charge in [-0.2, -0.15) is 0 Å². The standard InChI is InChI=1S/C26H44O3/c1-4-28-12-11-26(27)15-23(16-26)19(2)13-22-7-5-20(14-25(3)17-29-18-25)6-10-24(22)21-8-9-21/h13,20-24,27H,4-12,14-18H2,1-3H3. The van der Waals surface area contributed by atoms with Crippen LogP contribution in [0, 0.1) is 35.0 Å². The van der Waals surface area contributed by atoms with E-state index in [1.54, 1.807) is 5.57 Å². The fraction of sp³-hybridized carbons (Fsp3) is 0.923. The summed E-state index contributed by atoms with van der Waals surface area (Å²) in [5.41, 5.74) is 1.54. The molecule has 0 aromatic carbocycles. The maximum atomic E-state index is 10.7. The van der Waals surface area contributed by atoms with E-state index in [4.69, 9.17) is 9.47 Å². The molecule has 1 aliphatic heterocycles. The van der Waals surface area contributed by atoms with E-state index in [1.807, 2.05) is 6.92 Å². The first-order valence-corrected chi connectivity index (χ1v) is 12.5. The molecule has 3 heteroatoms. The average molecular weight is 405 g/mol. The second-order valence-corrected chi connectivity index (χ2v) is 11.4. The van der Waals surface area contributed by atoms with Crippen LogP contribution < -0.4 is 0 Å². The molecule has 0 aromatic rings. The molecular weight excluding hydrogens is 360 g/mol. The van der Waals surface area contributed by atoms with Crippen LogP contribution in [-0.4, -0.2) is 37.1 Å². The van der Waals surface area contributed by atoms with Gasteiger partial charge in [0, 0.05) is 18.6 Å². The summed E-state index contributed by atoms with van der Waals surface area (Å²) in [4.78, 5) is 0. The van der Waals surface area contributed by atoms with Crippen molar-refractivity contribution in [2.24, 2.45) is 35.0 Å². The highest BCUT2D eigenvalue weighted by molar-refractivity contribution is 5.15. The van der Waals surface area contributed by atoms with Gasteiger partial charge in [-0.3, -0.25) is 0 Å². The predicted molar refractivity (Wildman–Crippen MR) is 118 cm³/mol. The van der Waals surface area contributed by atoms with Gasteiger partial charge < -0.3 is 14.6 Å². The summed E-state index contributed by atoms with van der Waals surface area (Å²) in [5, 5.41) is 10.7. The average Bonchev–Trinajstić information content (AvgIpc) is 3.47. The van der Waals surface area contributed by atoms with Gasteiger partial charge in [0.1, 0.15) is 0 Å². The Bertz CT molecular complexity index is 569. The highest BCUT2D eigenvalue weighted by atomic mass is 16.5. The summed E-state index contributed by atoms with van der Waals surface area (Å²) in [6.45, 7) is 10.2. The van der Waals surface area contributed by atoms with Crippen LogP contribution in [0.15, 0.2) is 11.6 Å². The van der Waals surface area contributed by atoms with E-state index in [-0.39, 0.29) is 0 Å². The molecule has 3 atom stereocenters. The lowest BCUT2D eigenvalue weighted by atomic mass is 9.66. The lowest BCUT2D eigenvalue weighted by molar-refractivity contribution is -0.113. The van der Waals surface area contributed by atoms with Crippen LogP contribution in [-0.2, 0) is 9.47 Å². The van der Waals surface area contributed by atoms with Gasteiger partial charge >= 0.3 is 0 Å². The van der Waals surface area contributed by atoms with Gasteiger partial charge in [0.25, 0.3) is 0 Å². The predicted octanol–water partition coefficient (Wildman–Crippen LogP) is 5.76. The second-order valence-electron chi connectivity index (χ2n) is 11.4. The fourth-order valence-electron chi connectivity index (χ4n) is 6.48. The Kier molecular flexibility index (Phi) is 6.78. The molecule has 3 aliphatic carbocycles. The molecule has 4 aliphatic rings. The van der Waals surface area contributed by atoms with Gasteiger partial charge in [-0.25, -0.2) is 0 Å². The Morgan fingerprint density at radius 3 is 2.45 bits per heavy atom. The summed E-state index contributed by atoms with van der Waals surface area (Å²) in [5.74, 6) is 4.17. The molecule has 1 heterocycles. The lowest BCUT2D eigenvalue weighted by Crippen LogP contribution is -2.45. The molecule has 0 spiro atoms. The Hall–Kier alpha value is -0.380. The number of hydrogen-bond acceptors (Lipinski definition) is 3. The van der Waals surface area contributed by atoms with E-state index < -0.39 is 5.60 Å². The molecule has 0 radical (unpaired) electrons. The molecule has 3 nitrogen and oxygen atoms in total. The molecule has 0 aromatic heterocycles. The Labute approximate surface area is 178 Å². The van der Waals surface area contributed by atoms with E-state index in [0.717, 1.165) is 62.8 Å². The molecule has 1 saturated heterocycles. The highest BCUT2D eigenvalue weighted by Crippen LogP contribution is 2.50. The normalized spacial score (nSPS) is 40.1. The number of aliphatic hydroxyl groups is 1.